The first-order chi connectivity index (χ1) is 9.15. The first-order valence-electron chi connectivity index (χ1n) is 6.79. The molecule has 0 saturated heterocycles. The Balaban J connectivity index is 2.76. The molecule has 0 aliphatic rings. The molecule has 0 fully saturated rings. The van der Waals surface area contributed by atoms with Gasteiger partial charge in [-0.3, -0.25) is 0 Å². The molecule has 108 valence electrons. The van der Waals surface area contributed by atoms with Gasteiger partial charge in [0.1, 0.15) is 0 Å². The Morgan fingerprint density at radius 3 is 2.47 bits per heavy atom. The van der Waals surface area contributed by atoms with Gasteiger partial charge in [0.05, 0.1) is 18.7 Å². The number of hydrogen-bond acceptors (Lipinski definition) is 3. The zero-order valence-corrected chi connectivity index (χ0v) is 13.8. The van der Waals surface area contributed by atoms with E-state index in [1.54, 1.807) is 14.2 Å². The highest BCUT2D eigenvalue weighted by Gasteiger charge is 2.11. The van der Waals surface area contributed by atoms with E-state index in [-0.39, 0.29) is 0 Å². The lowest BCUT2D eigenvalue weighted by Crippen LogP contribution is -2.27. The molecule has 0 amide bonds. The zero-order valence-electron chi connectivity index (χ0n) is 12.3. The number of halogens is 1. The minimum Gasteiger partial charge on any atom is -0.493 e. The van der Waals surface area contributed by atoms with Crippen molar-refractivity contribution >= 4 is 15.9 Å². The number of benzene rings is 1. The van der Waals surface area contributed by atoms with E-state index < -0.39 is 0 Å². The average Bonchev–Trinajstić information content (AvgIpc) is 2.42. The van der Waals surface area contributed by atoms with E-state index in [4.69, 9.17) is 9.47 Å². The maximum absolute atomic E-state index is 5.36. The van der Waals surface area contributed by atoms with Gasteiger partial charge in [0.15, 0.2) is 11.5 Å². The highest BCUT2D eigenvalue weighted by atomic mass is 79.9. The van der Waals surface area contributed by atoms with E-state index in [1.165, 1.54) is 18.4 Å². The Kier molecular flexibility index (Phi) is 7.24. The van der Waals surface area contributed by atoms with Crippen LogP contribution >= 0.6 is 15.9 Å². The topological polar surface area (TPSA) is 30.5 Å². The van der Waals surface area contributed by atoms with E-state index in [9.17, 15) is 0 Å². The molecule has 1 unspecified atom stereocenters. The SMILES string of the molecule is CCCC(CC)NCc1cc(Br)c(OC)c(OC)c1. The van der Waals surface area contributed by atoms with Crippen LogP contribution in [-0.2, 0) is 6.54 Å². The van der Waals surface area contributed by atoms with Gasteiger partial charge in [0.25, 0.3) is 0 Å². The van der Waals surface area contributed by atoms with Gasteiger partial charge >= 0.3 is 0 Å². The van der Waals surface area contributed by atoms with Gasteiger partial charge in [0.2, 0.25) is 0 Å². The molecule has 1 N–H and O–H groups in total. The van der Waals surface area contributed by atoms with Crippen LogP contribution in [0, 0.1) is 0 Å². The lowest BCUT2D eigenvalue weighted by molar-refractivity contribution is 0.352. The van der Waals surface area contributed by atoms with E-state index in [2.05, 4.69) is 41.2 Å². The van der Waals surface area contributed by atoms with Crippen LogP contribution < -0.4 is 14.8 Å². The fourth-order valence-electron chi connectivity index (χ4n) is 2.13. The van der Waals surface area contributed by atoms with E-state index in [0.717, 1.165) is 28.9 Å². The third kappa shape index (κ3) is 4.69. The highest BCUT2D eigenvalue weighted by Crippen LogP contribution is 2.36. The Bertz CT molecular complexity index is 396. The Morgan fingerprint density at radius 2 is 1.95 bits per heavy atom. The van der Waals surface area contributed by atoms with Crippen LogP contribution in [0.15, 0.2) is 16.6 Å². The summed E-state index contributed by atoms with van der Waals surface area (Å²) in [6.45, 7) is 5.28. The van der Waals surface area contributed by atoms with Crippen molar-refractivity contribution in [3.63, 3.8) is 0 Å². The van der Waals surface area contributed by atoms with Gasteiger partial charge in [-0.05, 0) is 46.5 Å². The van der Waals surface area contributed by atoms with Gasteiger partial charge < -0.3 is 14.8 Å². The summed E-state index contributed by atoms with van der Waals surface area (Å²) < 4.78 is 11.6. The molecular formula is C15H24BrNO2. The fourth-order valence-corrected chi connectivity index (χ4v) is 2.79. The minimum atomic E-state index is 0.580. The second kappa shape index (κ2) is 8.43. The Labute approximate surface area is 124 Å². The predicted octanol–water partition coefficient (Wildman–Crippen LogP) is 4.13. The van der Waals surface area contributed by atoms with E-state index >= 15 is 0 Å². The minimum absolute atomic E-state index is 0.580. The van der Waals surface area contributed by atoms with Gasteiger partial charge in [0, 0.05) is 12.6 Å². The molecule has 19 heavy (non-hydrogen) atoms. The second-order valence-corrected chi connectivity index (χ2v) is 5.44. The maximum Gasteiger partial charge on any atom is 0.174 e. The van der Waals surface area contributed by atoms with Crippen LogP contribution in [0.4, 0.5) is 0 Å². The average molecular weight is 330 g/mol. The largest absolute Gasteiger partial charge is 0.493 e. The summed E-state index contributed by atoms with van der Waals surface area (Å²) in [5.41, 5.74) is 1.19. The van der Waals surface area contributed by atoms with Crippen molar-refractivity contribution in [2.75, 3.05) is 14.2 Å². The summed E-state index contributed by atoms with van der Waals surface area (Å²) in [5, 5.41) is 3.59. The number of rotatable bonds is 8. The molecule has 0 aliphatic carbocycles. The maximum atomic E-state index is 5.36. The van der Waals surface area contributed by atoms with Crippen molar-refractivity contribution in [1.29, 1.82) is 0 Å². The van der Waals surface area contributed by atoms with Crippen molar-refractivity contribution in [3.8, 4) is 11.5 Å². The zero-order chi connectivity index (χ0) is 14.3. The molecule has 1 aromatic rings. The first-order valence-corrected chi connectivity index (χ1v) is 7.59. The van der Waals surface area contributed by atoms with Crippen molar-refractivity contribution in [3.05, 3.63) is 22.2 Å². The predicted molar refractivity (Wildman–Crippen MR) is 83.1 cm³/mol. The molecule has 0 radical (unpaired) electrons. The van der Waals surface area contributed by atoms with Crippen LogP contribution in [0.25, 0.3) is 0 Å². The molecule has 4 heteroatoms. The van der Waals surface area contributed by atoms with Crippen LogP contribution in [-0.4, -0.2) is 20.3 Å². The number of methoxy groups -OCH3 is 2. The molecule has 3 nitrogen and oxygen atoms in total. The van der Waals surface area contributed by atoms with Gasteiger partial charge in [-0.25, -0.2) is 0 Å². The molecule has 1 rings (SSSR count). The normalized spacial score (nSPS) is 12.3. The second-order valence-electron chi connectivity index (χ2n) is 4.59. The lowest BCUT2D eigenvalue weighted by Gasteiger charge is -2.17. The van der Waals surface area contributed by atoms with Crippen molar-refractivity contribution in [2.24, 2.45) is 0 Å². The Morgan fingerprint density at radius 1 is 1.21 bits per heavy atom. The number of nitrogens with one attached hydrogen (secondary N) is 1. The molecule has 0 aromatic heterocycles. The van der Waals surface area contributed by atoms with E-state index in [0.29, 0.717) is 6.04 Å². The molecule has 1 atom stereocenters. The summed E-state index contributed by atoms with van der Waals surface area (Å²) in [4.78, 5) is 0. The molecule has 0 spiro atoms. The van der Waals surface area contributed by atoms with Crippen LogP contribution in [0.5, 0.6) is 11.5 Å². The summed E-state index contributed by atoms with van der Waals surface area (Å²) >= 11 is 3.52. The molecule has 1 aromatic carbocycles. The van der Waals surface area contributed by atoms with Crippen molar-refractivity contribution in [1.82, 2.24) is 5.32 Å². The van der Waals surface area contributed by atoms with Crippen LogP contribution in [0.2, 0.25) is 0 Å². The molecule has 0 aliphatic heterocycles. The monoisotopic (exact) mass is 329 g/mol. The van der Waals surface area contributed by atoms with Gasteiger partial charge in [-0.2, -0.15) is 0 Å². The Hall–Kier alpha value is -0.740. The third-order valence-corrected chi connectivity index (χ3v) is 3.81. The number of hydrogen-bond donors (Lipinski definition) is 1. The summed E-state index contributed by atoms with van der Waals surface area (Å²) in [6, 6.07) is 4.68. The van der Waals surface area contributed by atoms with E-state index in [1.807, 2.05) is 6.07 Å². The summed E-state index contributed by atoms with van der Waals surface area (Å²) in [5.74, 6) is 1.50. The van der Waals surface area contributed by atoms with Crippen LogP contribution in [0.3, 0.4) is 0 Å². The van der Waals surface area contributed by atoms with Gasteiger partial charge in [-0.1, -0.05) is 20.3 Å². The smallest absolute Gasteiger partial charge is 0.174 e. The molecule has 0 heterocycles. The molecular weight excluding hydrogens is 306 g/mol. The van der Waals surface area contributed by atoms with Crippen LogP contribution in [0.1, 0.15) is 38.7 Å². The van der Waals surface area contributed by atoms with Gasteiger partial charge in [-0.15, -0.1) is 0 Å². The molecule has 0 bridgehead atoms. The van der Waals surface area contributed by atoms with Crippen molar-refractivity contribution < 1.29 is 9.47 Å². The molecule has 0 saturated carbocycles. The number of ether oxygens (including phenoxy) is 2. The highest BCUT2D eigenvalue weighted by molar-refractivity contribution is 9.10. The fraction of sp³-hybridized carbons (Fsp3) is 0.600. The third-order valence-electron chi connectivity index (χ3n) is 3.22. The van der Waals surface area contributed by atoms with Crippen molar-refractivity contribution in [2.45, 2.75) is 45.7 Å². The first kappa shape index (κ1) is 16.3. The summed E-state index contributed by atoms with van der Waals surface area (Å²) in [6.07, 6.45) is 3.58. The summed E-state index contributed by atoms with van der Waals surface area (Å²) in [7, 11) is 3.31. The lowest BCUT2D eigenvalue weighted by atomic mass is 10.1. The quantitative estimate of drug-likeness (QED) is 0.777. The standard InChI is InChI=1S/C15H24BrNO2/c1-5-7-12(6-2)17-10-11-8-13(16)15(19-4)14(9-11)18-3/h8-9,12,17H,5-7,10H2,1-4H3.